The van der Waals surface area contributed by atoms with Crippen molar-refractivity contribution in [1.82, 2.24) is 14.4 Å². The summed E-state index contributed by atoms with van der Waals surface area (Å²) < 4.78 is 13.0. The number of hydrogen-bond acceptors (Lipinski definition) is 4. The van der Waals surface area contributed by atoms with E-state index in [-0.39, 0.29) is 48.1 Å². The lowest BCUT2D eigenvalue weighted by atomic mass is 9.98. The summed E-state index contributed by atoms with van der Waals surface area (Å²) in [6, 6.07) is 16.0. The second kappa shape index (κ2) is 11.2. The molecule has 2 amide bonds. The highest BCUT2D eigenvalue weighted by atomic mass is 35.5. The van der Waals surface area contributed by atoms with Crippen LogP contribution < -0.4 is 4.74 Å². The number of ether oxygens (including phenoxy) is 2. The summed E-state index contributed by atoms with van der Waals surface area (Å²) in [4.78, 5) is 30.4. The minimum Gasteiger partial charge on any atom is -0.496 e. The van der Waals surface area contributed by atoms with E-state index in [1.807, 2.05) is 47.5 Å². The van der Waals surface area contributed by atoms with Gasteiger partial charge < -0.3 is 23.8 Å². The molecule has 4 rings (SSSR count). The van der Waals surface area contributed by atoms with Gasteiger partial charge in [0.15, 0.2) is 0 Å². The van der Waals surface area contributed by atoms with Crippen molar-refractivity contribution in [2.75, 3.05) is 40.5 Å². The number of amides is 2. The monoisotopic (exact) mass is 515 g/mol. The Morgan fingerprint density at radius 3 is 2.60 bits per heavy atom. The molecule has 9 heteroatoms. The maximum atomic E-state index is 13.7. The molecule has 0 saturated carbocycles. The molecule has 1 aromatic heterocycles. The van der Waals surface area contributed by atoms with Crippen LogP contribution in [0.4, 0.5) is 0 Å². The average Bonchev–Trinajstić information content (AvgIpc) is 3.34. The lowest BCUT2D eigenvalue weighted by molar-refractivity contribution is -0.134. The third kappa shape index (κ3) is 5.32. The van der Waals surface area contributed by atoms with E-state index in [9.17, 15) is 9.59 Å². The molecule has 2 heterocycles. The van der Waals surface area contributed by atoms with Crippen LogP contribution in [0.5, 0.6) is 5.75 Å². The SMILES string of the molecule is COCCN(CC(=O)N1CCn2cccc2C1c1ccccc1OC)C(=O)c1ccc(Cl)cc1Cl. The molecule has 1 atom stereocenters. The van der Waals surface area contributed by atoms with Crippen LogP contribution in [0.2, 0.25) is 10.0 Å². The number of para-hydroxylation sites is 1. The van der Waals surface area contributed by atoms with E-state index in [1.165, 1.54) is 11.0 Å². The van der Waals surface area contributed by atoms with E-state index in [4.69, 9.17) is 32.7 Å². The highest BCUT2D eigenvalue weighted by Crippen LogP contribution is 2.37. The number of hydrogen-bond donors (Lipinski definition) is 0. The van der Waals surface area contributed by atoms with E-state index in [1.54, 1.807) is 26.4 Å². The number of fused-ring (bicyclic) bond motifs is 1. The summed E-state index contributed by atoms with van der Waals surface area (Å²) in [6.45, 7) is 1.56. The van der Waals surface area contributed by atoms with Gasteiger partial charge in [-0.2, -0.15) is 0 Å². The van der Waals surface area contributed by atoms with Gasteiger partial charge in [0.05, 0.1) is 24.3 Å². The Bertz CT molecular complexity index is 1210. The molecule has 7 nitrogen and oxygen atoms in total. The van der Waals surface area contributed by atoms with Gasteiger partial charge >= 0.3 is 0 Å². The maximum absolute atomic E-state index is 13.7. The van der Waals surface area contributed by atoms with Crippen LogP contribution >= 0.6 is 23.2 Å². The number of carbonyl (C=O) groups is 2. The summed E-state index contributed by atoms with van der Waals surface area (Å²) in [5.41, 5.74) is 2.16. The van der Waals surface area contributed by atoms with Crippen molar-refractivity contribution >= 4 is 35.0 Å². The topological polar surface area (TPSA) is 64.0 Å². The Labute approximate surface area is 214 Å². The van der Waals surface area contributed by atoms with E-state index in [0.717, 1.165) is 11.3 Å². The smallest absolute Gasteiger partial charge is 0.255 e. The van der Waals surface area contributed by atoms with Gasteiger partial charge in [0.1, 0.15) is 18.3 Å². The molecule has 0 spiro atoms. The third-order valence-corrected chi connectivity index (χ3v) is 6.68. The molecule has 0 bridgehead atoms. The predicted octanol–water partition coefficient (Wildman–Crippen LogP) is 4.52. The number of benzene rings is 2. The van der Waals surface area contributed by atoms with Crippen molar-refractivity contribution in [3.8, 4) is 5.75 Å². The van der Waals surface area contributed by atoms with E-state index in [0.29, 0.717) is 23.9 Å². The number of methoxy groups -OCH3 is 2. The second-order valence-corrected chi connectivity index (χ2v) is 9.05. The molecular formula is C26H27Cl2N3O4. The standard InChI is InChI=1S/C26H27Cl2N3O4/c1-34-15-14-30(26(33)19-10-9-18(27)16-21(19)28)17-24(32)31-13-12-29-11-5-7-22(29)25(31)20-6-3-4-8-23(20)35-2/h3-11,16,25H,12-15,17H2,1-2H3. The fraction of sp³-hybridized carbons (Fsp3) is 0.308. The highest BCUT2D eigenvalue weighted by Gasteiger charge is 2.35. The van der Waals surface area contributed by atoms with Crippen LogP contribution in [-0.4, -0.2) is 66.6 Å². The molecule has 35 heavy (non-hydrogen) atoms. The molecule has 0 N–H and O–H groups in total. The first-order valence-electron chi connectivity index (χ1n) is 11.2. The summed E-state index contributed by atoms with van der Waals surface area (Å²) in [5, 5.41) is 0.669. The zero-order valence-electron chi connectivity index (χ0n) is 19.6. The summed E-state index contributed by atoms with van der Waals surface area (Å²) in [6.07, 6.45) is 2.01. The van der Waals surface area contributed by atoms with Crippen LogP contribution in [0, 0.1) is 0 Å². The van der Waals surface area contributed by atoms with Crippen molar-refractivity contribution in [2.45, 2.75) is 12.6 Å². The lowest BCUT2D eigenvalue weighted by Gasteiger charge is -2.39. The maximum Gasteiger partial charge on any atom is 0.255 e. The van der Waals surface area contributed by atoms with Crippen molar-refractivity contribution in [3.05, 3.63) is 87.7 Å². The van der Waals surface area contributed by atoms with E-state index >= 15 is 0 Å². The molecule has 0 aliphatic carbocycles. The average molecular weight is 516 g/mol. The molecule has 3 aromatic rings. The quantitative estimate of drug-likeness (QED) is 0.442. The molecule has 1 aliphatic rings. The van der Waals surface area contributed by atoms with Gasteiger partial charge in [-0.3, -0.25) is 9.59 Å². The molecule has 1 unspecified atom stereocenters. The van der Waals surface area contributed by atoms with Crippen LogP contribution in [0.1, 0.15) is 27.7 Å². The number of nitrogens with zero attached hydrogens (tertiary/aromatic N) is 3. The number of rotatable bonds is 8. The van der Waals surface area contributed by atoms with Crippen LogP contribution in [-0.2, 0) is 16.1 Å². The number of aromatic nitrogens is 1. The van der Waals surface area contributed by atoms with Crippen molar-refractivity contribution in [3.63, 3.8) is 0 Å². The van der Waals surface area contributed by atoms with E-state index < -0.39 is 0 Å². The molecule has 184 valence electrons. The zero-order valence-corrected chi connectivity index (χ0v) is 21.1. The van der Waals surface area contributed by atoms with Crippen LogP contribution in [0.3, 0.4) is 0 Å². The number of carbonyl (C=O) groups excluding carboxylic acids is 2. The minimum atomic E-state index is -0.355. The lowest BCUT2D eigenvalue weighted by Crippen LogP contribution is -2.48. The second-order valence-electron chi connectivity index (χ2n) is 8.20. The Morgan fingerprint density at radius 1 is 1.06 bits per heavy atom. The molecule has 0 saturated heterocycles. The first-order chi connectivity index (χ1) is 16.9. The summed E-state index contributed by atoms with van der Waals surface area (Å²) in [5.74, 6) is 0.166. The van der Waals surface area contributed by atoms with Gasteiger partial charge in [-0.05, 0) is 36.4 Å². The largest absolute Gasteiger partial charge is 0.496 e. The van der Waals surface area contributed by atoms with Gasteiger partial charge in [-0.25, -0.2) is 0 Å². The summed E-state index contributed by atoms with van der Waals surface area (Å²) in [7, 11) is 3.17. The van der Waals surface area contributed by atoms with Gasteiger partial charge in [0.25, 0.3) is 5.91 Å². The van der Waals surface area contributed by atoms with Crippen molar-refractivity contribution in [1.29, 1.82) is 0 Å². The van der Waals surface area contributed by atoms with Crippen LogP contribution in [0.25, 0.3) is 0 Å². The van der Waals surface area contributed by atoms with Gasteiger partial charge in [0, 0.05) is 49.2 Å². The van der Waals surface area contributed by atoms with Gasteiger partial charge in [-0.1, -0.05) is 41.4 Å². The Morgan fingerprint density at radius 2 is 1.86 bits per heavy atom. The van der Waals surface area contributed by atoms with Gasteiger partial charge in [0.2, 0.25) is 5.91 Å². The molecule has 2 aromatic carbocycles. The van der Waals surface area contributed by atoms with Crippen molar-refractivity contribution < 1.29 is 19.1 Å². The molecule has 1 aliphatic heterocycles. The first kappa shape index (κ1) is 25.1. The van der Waals surface area contributed by atoms with Crippen LogP contribution in [0.15, 0.2) is 60.8 Å². The Hall–Kier alpha value is -3.00. The highest BCUT2D eigenvalue weighted by molar-refractivity contribution is 6.36. The Kier molecular flexibility index (Phi) is 8.00. The minimum absolute atomic E-state index is 0.118. The molecule has 0 radical (unpaired) electrons. The fourth-order valence-corrected chi connectivity index (χ4v) is 4.90. The normalized spacial score (nSPS) is 15.0. The zero-order chi connectivity index (χ0) is 24.9. The first-order valence-corrected chi connectivity index (χ1v) is 12.0. The third-order valence-electron chi connectivity index (χ3n) is 6.13. The Balaban J connectivity index is 1.65. The summed E-state index contributed by atoms with van der Waals surface area (Å²) >= 11 is 12.3. The van der Waals surface area contributed by atoms with Crippen molar-refractivity contribution in [2.24, 2.45) is 0 Å². The molecule has 0 fully saturated rings. The fourth-order valence-electron chi connectivity index (χ4n) is 4.41. The molecular weight excluding hydrogens is 489 g/mol. The van der Waals surface area contributed by atoms with E-state index in [2.05, 4.69) is 4.57 Å². The van der Waals surface area contributed by atoms with Gasteiger partial charge in [-0.15, -0.1) is 0 Å². The number of halogens is 2. The predicted molar refractivity (Wildman–Crippen MR) is 135 cm³/mol.